The summed E-state index contributed by atoms with van der Waals surface area (Å²) in [5.41, 5.74) is 2.01. The SMILES string of the molecule is O=C([C@H]1[C@H](c2ccc3c(c2)OCO3)[C@H](c2ccc3c(c2)OCO3)C=C[C@@H]1C(=O)N1CCCCC1)N1CCCCC1. The highest BCUT2D eigenvalue weighted by atomic mass is 16.7. The molecule has 0 spiro atoms. The summed E-state index contributed by atoms with van der Waals surface area (Å²) >= 11 is 0. The predicted octanol–water partition coefficient (Wildman–Crippen LogP) is 4.84. The van der Waals surface area contributed by atoms with Gasteiger partial charge in [0.2, 0.25) is 25.4 Å². The lowest BCUT2D eigenvalue weighted by atomic mass is 9.64. The fraction of sp³-hybridized carbons (Fsp3) is 0.500. The number of nitrogens with zero attached hydrogens (tertiary/aromatic N) is 2. The third-order valence-corrected chi connectivity index (χ3v) is 9.16. The number of fused-ring (bicyclic) bond motifs is 2. The van der Waals surface area contributed by atoms with Gasteiger partial charge in [-0.05, 0) is 73.9 Å². The number of allylic oxidation sites excluding steroid dienone is 1. The van der Waals surface area contributed by atoms with Crippen LogP contribution >= 0.6 is 0 Å². The van der Waals surface area contributed by atoms with Crippen LogP contribution in [0.3, 0.4) is 0 Å². The van der Waals surface area contributed by atoms with Crippen LogP contribution in [0.5, 0.6) is 23.0 Å². The number of ether oxygens (including phenoxy) is 4. The van der Waals surface area contributed by atoms with E-state index in [0.29, 0.717) is 17.2 Å². The molecular weight excluding hydrogens is 508 g/mol. The molecule has 2 saturated heterocycles. The normalized spacial score (nSPS) is 27.1. The Morgan fingerprint density at radius 2 is 1.12 bits per heavy atom. The molecule has 0 unspecified atom stereocenters. The summed E-state index contributed by atoms with van der Waals surface area (Å²) in [6, 6.07) is 12.0. The van der Waals surface area contributed by atoms with E-state index in [1.807, 2.05) is 46.2 Å². The lowest BCUT2D eigenvalue weighted by Gasteiger charge is -2.43. The second kappa shape index (κ2) is 10.7. The molecule has 0 aromatic heterocycles. The van der Waals surface area contributed by atoms with E-state index in [-0.39, 0.29) is 37.2 Å². The van der Waals surface area contributed by atoms with Crippen molar-refractivity contribution in [2.75, 3.05) is 39.8 Å². The number of amides is 2. The Kier molecular flexibility index (Phi) is 6.77. The molecule has 8 heteroatoms. The fourth-order valence-electron chi connectivity index (χ4n) is 7.09. The van der Waals surface area contributed by atoms with Crippen molar-refractivity contribution in [3.8, 4) is 23.0 Å². The monoisotopic (exact) mass is 544 g/mol. The van der Waals surface area contributed by atoms with Gasteiger partial charge < -0.3 is 28.7 Å². The van der Waals surface area contributed by atoms with Gasteiger partial charge in [-0.2, -0.15) is 0 Å². The molecule has 2 aromatic carbocycles. The van der Waals surface area contributed by atoms with Crippen molar-refractivity contribution >= 4 is 11.8 Å². The Labute approximate surface area is 234 Å². The van der Waals surface area contributed by atoms with Gasteiger partial charge in [0.15, 0.2) is 23.0 Å². The van der Waals surface area contributed by atoms with Gasteiger partial charge in [0.05, 0.1) is 11.8 Å². The van der Waals surface area contributed by atoms with Crippen molar-refractivity contribution in [1.29, 1.82) is 0 Å². The first-order chi connectivity index (χ1) is 19.7. The number of piperidine rings is 2. The fourth-order valence-corrected chi connectivity index (χ4v) is 7.09. The smallest absolute Gasteiger partial charge is 0.231 e. The molecule has 0 N–H and O–H groups in total. The first-order valence-corrected chi connectivity index (χ1v) is 14.7. The standard InChI is InChI=1S/C32H36N2O6/c35-31(33-13-3-1-4-14-33)24-10-9-23(21-7-11-25-27(17-21)39-19-37-25)29(22-8-12-26-28(18-22)40-20-38-26)30(24)32(36)34-15-5-2-6-16-34/h7-12,17-18,23-24,29-30H,1-6,13-16,19-20H2/t23-,24-,29+,30+/m0/s1. The van der Waals surface area contributed by atoms with Gasteiger partial charge in [0.25, 0.3) is 0 Å². The van der Waals surface area contributed by atoms with Gasteiger partial charge in [0, 0.05) is 38.0 Å². The molecule has 0 radical (unpaired) electrons. The zero-order valence-corrected chi connectivity index (χ0v) is 22.8. The van der Waals surface area contributed by atoms with Crippen LogP contribution in [0.1, 0.15) is 61.5 Å². The Morgan fingerprint density at radius 3 is 1.75 bits per heavy atom. The Balaban J connectivity index is 1.35. The molecule has 8 nitrogen and oxygen atoms in total. The summed E-state index contributed by atoms with van der Waals surface area (Å²) < 4.78 is 22.7. The maximum absolute atomic E-state index is 14.6. The van der Waals surface area contributed by atoms with Gasteiger partial charge in [0.1, 0.15) is 0 Å². The number of benzene rings is 2. The summed E-state index contributed by atoms with van der Waals surface area (Å²) in [6.07, 6.45) is 10.5. The van der Waals surface area contributed by atoms with Crippen molar-refractivity contribution in [1.82, 2.24) is 9.80 Å². The number of hydrogen-bond acceptors (Lipinski definition) is 6. The highest BCUT2D eigenvalue weighted by Gasteiger charge is 2.48. The Hall–Kier alpha value is -3.68. The minimum Gasteiger partial charge on any atom is -0.454 e. The molecular formula is C32H36N2O6. The van der Waals surface area contributed by atoms with E-state index in [2.05, 4.69) is 12.1 Å². The van der Waals surface area contributed by atoms with E-state index in [0.717, 1.165) is 81.6 Å². The molecule has 0 saturated carbocycles. The first kappa shape index (κ1) is 25.3. The maximum Gasteiger partial charge on any atom is 0.231 e. The Morgan fingerprint density at radius 1 is 0.600 bits per heavy atom. The summed E-state index contributed by atoms with van der Waals surface area (Å²) in [7, 11) is 0. The van der Waals surface area contributed by atoms with Crippen molar-refractivity contribution in [2.45, 2.75) is 50.4 Å². The molecule has 2 fully saturated rings. The molecule has 5 aliphatic rings. The van der Waals surface area contributed by atoms with Crippen LogP contribution in [0.25, 0.3) is 0 Å². The van der Waals surface area contributed by atoms with Crippen molar-refractivity contribution in [2.24, 2.45) is 11.8 Å². The minimum atomic E-state index is -0.534. The second-order valence-corrected chi connectivity index (χ2v) is 11.5. The molecule has 4 atom stereocenters. The van der Waals surface area contributed by atoms with Crippen molar-refractivity contribution in [3.05, 3.63) is 59.7 Å². The van der Waals surface area contributed by atoms with Crippen LogP contribution in [-0.4, -0.2) is 61.4 Å². The number of hydrogen-bond donors (Lipinski definition) is 0. The van der Waals surface area contributed by atoms with E-state index in [1.54, 1.807) is 0 Å². The van der Waals surface area contributed by atoms with Gasteiger partial charge in [-0.3, -0.25) is 9.59 Å². The first-order valence-electron chi connectivity index (χ1n) is 14.7. The van der Waals surface area contributed by atoms with Gasteiger partial charge in [-0.1, -0.05) is 24.3 Å². The zero-order chi connectivity index (χ0) is 27.1. The molecule has 1 aliphatic carbocycles. The van der Waals surface area contributed by atoms with Gasteiger partial charge in [-0.25, -0.2) is 0 Å². The third-order valence-electron chi connectivity index (χ3n) is 9.16. The topological polar surface area (TPSA) is 77.5 Å². The van der Waals surface area contributed by atoms with E-state index in [1.165, 1.54) is 0 Å². The largest absolute Gasteiger partial charge is 0.454 e. The highest BCUT2D eigenvalue weighted by Crippen LogP contribution is 2.51. The highest BCUT2D eigenvalue weighted by molar-refractivity contribution is 5.90. The molecule has 40 heavy (non-hydrogen) atoms. The van der Waals surface area contributed by atoms with E-state index in [9.17, 15) is 9.59 Å². The number of carbonyl (C=O) groups excluding carboxylic acids is 2. The lowest BCUT2D eigenvalue weighted by molar-refractivity contribution is -0.147. The maximum atomic E-state index is 14.6. The Bertz CT molecular complexity index is 1310. The zero-order valence-electron chi connectivity index (χ0n) is 22.8. The van der Waals surface area contributed by atoms with Crippen LogP contribution in [0, 0.1) is 11.8 Å². The van der Waals surface area contributed by atoms with Crippen LogP contribution in [0.4, 0.5) is 0 Å². The van der Waals surface area contributed by atoms with E-state index >= 15 is 0 Å². The predicted molar refractivity (Wildman–Crippen MR) is 148 cm³/mol. The lowest BCUT2D eigenvalue weighted by Crippen LogP contribution is -2.50. The molecule has 0 bridgehead atoms. The van der Waals surface area contributed by atoms with E-state index < -0.39 is 11.8 Å². The summed E-state index contributed by atoms with van der Waals surface area (Å²) in [6.45, 7) is 3.38. The number of rotatable bonds is 4. The second-order valence-electron chi connectivity index (χ2n) is 11.5. The molecule has 7 rings (SSSR count). The molecule has 2 amide bonds. The summed E-state index contributed by atoms with van der Waals surface area (Å²) in [5.74, 6) is 1.50. The average Bonchev–Trinajstić information content (AvgIpc) is 3.69. The van der Waals surface area contributed by atoms with Crippen LogP contribution in [0.2, 0.25) is 0 Å². The molecule has 2 aromatic rings. The summed E-state index contributed by atoms with van der Waals surface area (Å²) in [5, 5.41) is 0. The molecule has 4 aliphatic heterocycles. The quantitative estimate of drug-likeness (QED) is 0.513. The van der Waals surface area contributed by atoms with Crippen molar-refractivity contribution in [3.63, 3.8) is 0 Å². The van der Waals surface area contributed by atoms with Gasteiger partial charge >= 0.3 is 0 Å². The van der Waals surface area contributed by atoms with Crippen LogP contribution < -0.4 is 18.9 Å². The number of likely N-dealkylation sites (tertiary alicyclic amines) is 2. The van der Waals surface area contributed by atoms with Crippen LogP contribution in [-0.2, 0) is 9.59 Å². The average molecular weight is 545 g/mol. The third kappa shape index (κ3) is 4.57. The number of carbonyl (C=O) groups is 2. The minimum absolute atomic E-state index is 0.0705. The molecule has 4 heterocycles. The van der Waals surface area contributed by atoms with Gasteiger partial charge in [-0.15, -0.1) is 0 Å². The molecule has 210 valence electrons. The van der Waals surface area contributed by atoms with Crippen LogP contribution in [0.15, 0.2) is 48.6 Å². The van der Waals surface area contributed by atoms with Crippen molar-refractivity contribution < 1.29 is 28.5 Å². The summed E-state index contributed by atoms with van der Waals surface area (Å²) in [4.78, 5) is 32.7. The van der Waals surface area contributed by atoms with E-state index in [4.69, 9.17) is 18.9 Å².